The van der Waals surface area contributed by atoms with Crippen LogP contribution in [0.4, 0.5) is 0 Å². The summed E-state index contributed by atoms with van der Waals surface area (Å²) >= 11 is 0. The minimum absolute atomic E-state index is 0.273. The first-order valence-electron chi connectivity index (χ1n) is 8.79. The molecule has 1 aromatic heterocycles. The number of aryl methyl sites for hydroxylation is 1. The summed E-state index contributed by atoms with van der Waals surface area (Å²) in [7, 11) is 0. The van der Waals surface area contributed by atoms with Crippen LogP contribution in [-0.4, -0.2) is 34.7 Å². The highest BCUT2D eigenvalue weighted by atomic mass is 16.6. The van der Waals surface area contributed by atoms with Gasteiger partial charge in [0.1, 0.15) is 6.04 Å². The molecule has 2 unspecified atom stereocenters. The average molecular weight is 366 g/mol. The highest BCUT2D eigenvalue weighted by Crippen LogP contribution is 2.17. The van der Waals surface area contributed by atoms with Crippen molar-refractivity contribution in [2.24, 2.45) is 5.16 Å². The van der Waals surface area contributed by atoms with Gasteiger partial charge in [0.05, 0.1) is 5.71 Å². The second kappa shape index (κ2) is 8.44. The summed E-state index contributed by atoms with van der Waals surface area (Å²) in [6.07, 6.45) is 3.00. The third-order valence-electron chi connectivity index (χ3n) is 4.29. The monoisotopic (exact) mass is 366 g/mol. The summed E-state index contributed by atoms with van der Waals surface area (Å²) in [5, 5.41) is 9.46. The Kier molecular flexibility index (Phi) is 5.80. The Bertz CT molecular complexity index is 834. The van der Waals surface area contributed by atoms with Crippen molar-refractivity contribution in [1.82, 2.24) is 15.6 Å². The molecule has 27 heavy (non-hydrogen) atoms. The zero-order valence-corrected chi connectivity index (χ0v) is 15.3. The van der Waals surface area contributed by atoms with Crippen LogP contribution in [0.3, 0.4) is 0 Å². The topological polar surface area (TPSA) is 92.7 Å². The molecular formula is C20H22N4O3. The molecule has 7 heteroatoms. The van der Waals surface area contributed by atoms with Gasteiger partial charge in [0, 0.05) is 25.4 Å². The maximum atomic E-state index is 12.4. The minimum atomic E-state index is -0.727. The molecule has 2 aromatic rings. The number of benzene rings is 1. The van der Waals surface area contributed by atoms with Crippen LogP contribution >= 0.6 is 0 Å². The number of hydrogen-bond donors (Lipinski definition) is 2. The smallest absolute Gasteiger partial charge is 0.264 e. The van der Waals surface area contributed by atoms with E-state index in [0.717, 1.165) is 22.4 Å². The van der Waals surface area contributed by atoms with Gasteiger partial charge in [-0.1, -0.05) is 41.1 Å². The fourth-order valence-electron chi connectivity index (χ4n) is 2.65. The van der Waals surface area contributed by atoms with Crippen LogP contribution in [0.2, 0.25) is 0 Å². The Hall–Kier alpha value is -3.22. The Morgan fingerprint density at radius 2 is 2.04 bits per heavy atom. The Labute approximate surface area is 157 Å². The van der Waals surface area contributed by atoms with Gasteiger partial charge in [-0.3, -0.25) is 14.6 Å². The molecule has 2 atom stereocenters. The first-order valence-corrected chi connectivity index (χ1v) is 8.79. The molecule has 0 radical (unpaired) electrons. The lowest BCUT2D eigenvalue weighted by molar-refractivity contribution is -0.135. The van der Waals surface area contributed by atoms with Crippen LogP contribution in [0.1, 0.15) is 30.0 Å². The van der Waals surface area contributed by atoms with Crippen LogP contribution in [0.15, 0.2) is 53.9 Å². The normalized spacial score (nSPS) is 16.8. The number of pyridine rings is 1. The number of hydrogen-bond acceptors (Lipinski definition) is 5. The fourth-order valence-corrected chi connectivity index (χ4v) is 2.65. The van der Waals surface area contributed by atoms with Crippen molar-refractivity contribution in [3.63, 3.8) is 0 Å². The number of carbonyl (C=O) groups excluding carboxylic acids is 2. The van der Waals surface area contributed by atoms with Crippen molar-refractivity contribution in [3.05, 3.63) is 65.5 Å². The van der Waals surface area contributed by atoms with Crippen molar-refractivity contribution in [3.8, 4) is 0 Å². The maximum Gasteiger partial charge on any atom is 0.264 e. The van der Waals surface area contributed by atoms with E-state index in [1.165, 1.54) is 0 Å². The van der Waals surface area contributed by atoms with E-state index < -0.39 is 12.1 Å². The average Bonchev–Trinajstić information content (AvgIpc) is 3.17. The summed E-state index contributed by atoms with van der Waals surface area (Å²) in [5.74, 6) is -0.630. The zero-order chi connectivity index (χ0) is 19.2. The molecule has 1 aromatic carbocycles. The lowest BCUT2D eigenvalue weighted by Gasteiger charge is -2.16. The molecule has 0 saturated carbocycles. The van der Waals surface area contributed by atoms with E-state index in [-0.39, 0.29) is 11.8 Å². The SMILES string of the molecule is Cc1ccc(C2=NOC(C(=O)NC(C)C(=O)NCc3cccnc3)C2)cc1. The molecule has 2 amide bonds. The number of nitrogens with zero attached hydrogens (tertiary/aromatic N) is 2. The van der Waals surface area contributed by atoms with Gasteiger partial charge in [0.25, 0.3) is 5.91 Å². The second-order valence-electron chi connectivity index (χ2n) is 6.51. The van der Waals surface area contributed by atoms with Gasteiger partial charge < -0.3 is 15.5 Å². The first kappa shape index (κ1) is 18.6. The Morgan fingerprint density at radius 1 is 1.26 bits per heavy atom. The van der Waals surface area contributed by atoms with Gasteiger partial charge in [-0.05, 0) is 31.0 Å². The van der Waals surface area contributed by atoms with E-state index in [0.29, 0.717) is 13.0 Å². The molecule has 0 fully saturated rings. The van der Waals surface area contributed by atoms with Crippen LogP contribution in [-0.2, 0) is 21.0 Å². The lowest BCUT2D eigenvalue weighted by atomic mass is 10.0. The van der Waals surface area contributed by atoms with Gasteiger partial charge >= 0.3 is 0 Å². The Balaban J connectivity index is 1.47. The van der Waals surface area contributed by atoms with E-state index in [1.807, 2.05) is 37.3 Å². The molecule has 0 saturated heterocycles. The molecule has 0 aliphatic carbocycles. The summed E-state index contributed by atoms with van der Waals surface area (Å²) in [6, 6.07) is 10.9. The first-order chi connectivity index (χ1) is 13.0. The maximum absolute atomic E-state index is 12.4. The predicted molar refractivity (Wildman–Crippen MR) is 101 cm³/mol. The van der Waals surface area contributed by atoms with Crippen LogP contribution in [0.25, 0.3) is 0 Å². The summed E-state index contributed by atoms with van der Waals surface area (Å²) in [5.41, 5.74) is 3.69. The predicted octanol–water partition coefficient (Wildman–Crippen LogP) is 1.70. The third kappa shape index (κ3) is 4.91. The molecule has 0 spiro atoms. The zero-order valence-electron chi connectivity index (χ0n) is 15.3. The largest absolute Gasteiger partial charge is 0.382 e. The van der Waals surface area contributed by atoms with Crippen LogP contribution in [0, 0.1) is 6.92 Å². The number of oxime groups is 1. The number of amides is 2. The fraction of sp³-hybridized carbons (Fsp3) is 0.300. The van der Waals surface area contributed by atoms with Crippen molar-refractivity contribution < 1.29 is 14.4 Å². The van der Waals surface area contributed by atoms with Gasteiger partial charge in [-0.25, -0.2) is 0 Å². The van der Waals surface area contributed by atoms with Gasteiger partial charge in [0.15, 0.2) is 0 Å². The van der Waals surface area contributed by atoms with Crippen LogP contribution in [0.5, 0.6) is 0 Å². The Morgan fingerprint density at radius 3 is 2.74 bits per heavy atom. The van der Waals surface area contributed by atoms with E-state index in [9.17, 15) is 9.59 Å². The molecule has 3 rings (SSSR count). The molecule has 0 bridgehead atoms. The lowest BCUT2D eigenvalue weighted by Crippen LogP contribution is -2.48. The summed E-state index contributed by atoms with van der Waals surface area (Å²) < 4.78 is 0. The number of carbonyl (C=O) groups is 2. The molecular weight excluding hydrogens is 344 g/mol. The van der Waals surface area contributed by atoms with Gasteiger partial charge in [-0.2, -0.15) is 0 Å². The highest BCUT2D eigenvalue weighted by molar-refractivity contribution is 6.04. The van der Waals surface area contributed by atoms with E-state index >= 15 is 0 Å². The van der Waals surface area contributed by atoms with Crippen molar-refractivity contribution in [2.45, 2.75) is 39.0 Å². The molecule has 140 valence electrons. The molecule has 2 heterocycles. The van der Waals surface area contributed by atoms with E-state index in [1.54, 1.807) is 25.4 Å². The summed E-state index contributed by atoms with van der Waals surface area (Å²) in [6.45, 7) is 3.99. The number of aromatic nitrogens is 1. The van der Waals surface area contributed by atoms with Gasteiger partial charge in [-0.15, -0.1) is 0 Å². The standard InChI is InChI=1S/C20H22N4O3/c1-13-5-7-16(8-6-13)17-10-18(27-24-17)20(26)23-14(2)19(25)22-12-15-4-3-9-21-11-15/h3-9,11,14,18H,10,12H2,1-2H3,(H,22,25)(H,23,26). The van der Waals surface area contributed by atoms with Crippen molar-refractivity contribution >= 4 is 17.5 Å². The molecule has 1 aliphatic heterocycles. The van der Waals surface area contributed by atoms with Crippen molar-refractivity contribution in [1.29, 1.82) is 0 Å². The molecule has 7 nitrogen and oxygen atoms in total. The van der Waals surface area contributed by atoms with E-state index in [2.05, 4.69) is 20.8 Å². The molecule has 2 N–H and O–H groups in total. The quantitative estimate of drug-likeness (QED) is 0.814. The summed E-state index contributed by atoms with van der Waals surface area (Å²) in [4.78, 5) is 33.8. The van der Waals surface area contributed by atoms with Crippen molar-refractivity contribution in [2.75, 3.05) is 0 Å². The van der Waals surface area contributed by atoms with Crippen LogP contribution < -0.4 is 10.6 Å². The number of nitrogens with one attached hydrogen (secondary N) is 2. The molecule has 1 aliphatic rings. The minimum Gasteiger partial charge on any atom is -0.382 e. The number of rotatable bonds is 6. The van der Waals surface area contributed by atoms with Gasteiger partial charge in [0.2, 0.25) is 12.0 Å². The highest BCUT2D eigenvalue weighted by Gasteiger charge is 2.30. The third-order valence-corrected chi connectivity index (χ3v) is 4.29. The second-order valence-corrected chi connectivity index (χ2v) is 6.51. The van der Waals surface area contributed by atoms with E-state index in [4.69, 9.17) is 4.84 Å².